The lowest BCUT2D eigenvalue weighted by Crippen LogP contribution is -2.04. The van der Waals surface area contributed by atoms with Gasteiger partial charge in [0.2, 0.25) is 0 Å². The number of hydrogen-bond donors (Lipinski definition) is 1. The Balaban J connectivity index is 2.17. The first-order chi connectivity index (χ1) is 10.1. The zero-order chi connectivity index (χ0) is 15.5. The summed E-state index contributed by atoms with van der Waals surface area (Å²) in [6.45, 7) is 2.99. The van der Waals surface area contributed by atoms with Crippen LogP contribution in [0.2, 0.25) is 5.15 Å². The fourth-order valence-corrected chi connectivity index (χ4v) is 2.36. The lowest BCUT2D eigenvalue weighted by atomic mass is 10.1. The molecule has 0 saturated carbocycles. The molecule has 0 bridgehead atoms. The molecule has 0 amide bonds. The molecule has 1 aromatic heterocycles. The SMILES string of the molecule is CCCCCCCCCCNc1cc([N+](=O)[O-])cc(Cl)n1. The lowest BCUT2D eigenvalue weighted by molar-refractivity contribution is -0.384. The molecule has 1 rings (SSSR count). The Kier molecular flexibility index (Phi) is 8.74. The molecule has 0 atom stereocenters. The summed E-state index contributed by atoms with van der Waals surface area (Å²) in [5.41, 5.74) is -0.0339. The second kappa shape index (κ2) is 10.4. The first kappa shape index (κ1) is 17.7. The summed E-state index contributed by atoms with van der Waals surface area (Å²) in [5, 5.41) is 14.0. The highest BCUT2D eigenvalue weighted by Crippen LogP contribution is 2.20. The predicted molar refractivity (Wildman–Crippen MR) is 87.0 cm³/mol. The average Bonchev–Trinajstić information content (AvgIpc) is 2.45. The van der Waals surface area contributed by atoms with Crippen molar-refractivity contribution >= 4 is 23.1 Å². The van der Waals surface area contributed by atoms with E-state index in [4.69, 9.17) is 11.6 Å². The molecule has 21 heavy (non-hydrogen) atoms. The molecule has 5 nitrogen and oxygen atoms in total. The quantitative estimate of drug-likeness (QED) is 0.264. The van der Waals surface area contributed by atoms with Crippen LogP contribution in [0, 0.1) is 10.1 Å². The van der Waals surface area contributed by atoms with Crippen molar-refractivity contribution in [1.29, 1.82) is 0 Å². The van der Waals surface area contributed by atoms with Gasteiger partial charge in [-0.15, -0.1) is 0 Å². The van der Waals surface area contributed by atoms with Crippen molar-refractivity contribution in [3.8, 4) is 0 Å². The molecule has 6 heteroatoms. The monoisotopic (exact) mass is 313 g/mol. The average molecular weight is 314 g/mol. The fraction of sp³-hybridized carbons (Fsp3) is 0.667. The highest BCUT2D eigenvalue weighted by Gasteiger charge is 2.09. The number of anilines is 1. The van der Waals surface area contributed by atoms with Crippen molar-refractivity contribution in [3.63, 3.8) is 0 Å². The van der Waals surface area contributed by atoms with Gasteiger partial charge in [0.15, 0.2) is 0 Å². The minimum Gasteiger partial charge on any atom is -0.370 e. The van der Waals surface area contributed by atoms with Gasteiger partial charge in [-0.05, 0) is 6.42 Å². The molecular formula is C15H24ClN3O2. The number of unbranched alkanes of at least 4 members (excludes halogenated alkanes) is 7. The molecule has 1 heterocycles. The Hall–Kier alpha value is -1.36. The standard InChI is InChI=1S/C15H24ClN3O2/c1-2-3-4-5-6-7-8-9-10-17-15-12-13(19(20)21)11-14(16)18-15/h11-12H,2-10H2,1H3,(H,17,18). The van der Waals surface area contributed by atoms with Crippen LogP contribution in [0.15, 0.2) is 12.1 Å². The van der Waals surface area contributed by atoms with Gasteiger partial charge >= 0.3 is 0 Å². The third-order valence-corrected chi connectivity index (χ3v) is 3.52. The maximum atomic E-state index is 10.7. The Morgan fingerprint density at radius 2 is 1.76 bits per heavy atom. The first-order valence-electron chi connectivity index (χ1n) is 7.69. The molecule has 1 aromatic rings. The van der Waals surface area contributed by atoms with Crippen molar-refractivity contribution < 1.29 is 4.92 Å². The number of pyridine rings is 1. The fourth-order valence-electron chi connectivity index (χ4n) is 2.15. The number of nitro groups is 1. The molecule has 0 spiro atoms. The van der Waals surface area contributed by atoms with E-state index in [0.29, 0.717) is 5.82 Å². The van der Waals surface area contributed by atoms with E-state index >= 15 is 0 Å². The van der Waals surface area contributed by atoms with Gasteiger partial charge in [0.25, 0.3) is 5.69 Å². The smallest absolute Gasteiger partial charge is 0.276 e. The molecule has 0 unspecified atom stereocenters. The third-order valence-electron chi connectivity index (χ3n) is 3.33. The number of halogens is 1. The summed E-state index contributed by atoms with van der Waals surface area (Å²) in [5.74, 6) is 0.470. The van der Waals surface area contributed by atoms with Crippen LogP contribution in [-0.4, -0.2) is 16.5 Å². The number of nitrogens with one attached hydrogen (secondary N) is 1. The van der Waals surface area contributed by atoms with Crippen molar-refractivity contribution in [2.75, 3.05) is 11.9 Å². The summed E-state index contributed by atoms with van der Waals surface area (Å²) in [4.78, 5) is 14.3. The van der Waals surface area contributed by atoms with E-state index in [9.17, 15) is 10.1 Å². The molecular weight excluding hydrogens is 290 g/mol. The molecule has 0 saturated heterocycles. The highest BCUT2D eigenvalue weighted by atomic mass is 35.5. The third kappa shape index (κ3) is 7.85. The van der Waals surface area contributed by atoms with Crippen LogP contribution >= 0.6 is 11.6 Å². The lowest BCUT2D eigenvalue weighted by Gasteiger charge is -2.06. The maximum Gasteiger partial charge on any atom is 0.276 e. The van der Waals surface area contributed by atoms with E-state index in [0.717, 1.165) is 13.0 Å². The maximum absolute atomic E-state index is 10.7. The largest absolute Gasteiger partial charge is 0.370 e. The van der Waals surface area contributed by atoms with Gasteiger partial charge in [-0.1, -0.05) is 63.5 Å². The normalized spacial score (nSPS) is 10.6. The predicted octanol–water partition coefficient (Wildman–Crippen LogP) is 5.20. The van der Waals surface area contributed by atoms with Crippen molar-refractivity contribution in [2.24, 2.45) is 0 Å². The van der Waals surface area contributed by atoms with Gasteiger partial charge in [0.05, 0.1) is 17.1 Å². The van der Waals surface area contributed by atoms with E-state index in [-0.39, 0.29) is 10.8 Å². The second-order valence-electron chi connectivity index (χ2n) is 5.19. The van der Waals surface area contributed by atoms with Crippen molar-refractivity contribution in [2.45, 2.75) is 58.3 Å². The van der Waals surface area contributed by atoms with Crippen LogP contribution in [0.1, 0.15) is 58.3 Å². The van der Waals surface area contributed by atoms with Crippen molar-refractivity contribution in [3.05, 3.63) is 27.4 Å². The van der Waals surface area contributed by atoms with E-state index in [1.807, 2.05) is 0 Å². The highest BCUT2D eigenvalue weighted by molar-refractivity contribution is 6.29. The van der Waals surface area contributed by atoms with Crippen LogP contribution in [0.5, 0.6) is 0 Å². The number of nitrogens with zero attached hydrogens (tertiary/aromatic N) is 2. The molecule has 0 aliphatic carbocycles. The minimum absolute atomic E-state index is 0.0339. The number of hydrogen-bond acceptors (Lipinski definition) is 4. The molecule has 1 N–H and O–H groups in total. The summed E-state index contributed by atoms with van der Waals surface area (Å²) < 4.78 is 0. The Bertz CT molecular complexity index is 441. The summed E-state index contributed by atoms with van der Waals surface area (Å²) >= 11 is 5.76. The Labute approximate surface area is 131 Å². The Morgan fingerprint density at radius 3 is 2.38 bits per heavy atom. The number of aromatic nitrogens is 1. The minimum atomic E-state index is -0.463. The van der Waals surface area contributed by atoms with Gasteiger partial charge in [-0.25, -0.2) is 4.98 Å². The second-order valence-corrected chi connectivity index (χ2v) is 5.58. The van der Waals surface area contributed by atoms with E-state index in [1.54, 1.807) is 0 Å². The van der Waals surface area contributed by atoms with Crippen molar-refractivity contribution in [1.82, 2.24) is 4.98 Å². The van der Waals surface area contributed by atoms with Gasteiger partial charge in [0, 0.05) is 6.54 Å². The van der Waals surface area contributed by atoms with E-state index in [1.165, 1.54) is 57.1 Å². The van der Waals surface area contributed by atoms with E-state index < -0.39 is 4.92 Å². The molecule has 0 aliphatic heterocycles. The van der Waals surface area contributed by atoms with Crippen LogP contribution < -0.4 is 5.32 Å². The summed E-state index contributed by atoms with van der Waals surface area (Å²) in [6, 6.07) is 2.67. The van der Waals surface area contributed by atoms with Crippen LogP contribution in [-0.2, 0) is 0 Å². The molecule has 0 aliphatic rings. The van der Waals surface area contributed by atoms with Crippen LogP contribution in [0.3, 0.4) is 0 Å². The van der Waals surface area contributed by atoms with Gasteiger partial charge < -0.3 is 5.32 Å². The first-order valence-corrected chi connectivity index (χ1v) is 8.07. The topological polar surface area (TPSA) is 68.1 Å². The molecule has 0 aromatic carbocycles. The zero-order valence-corrected chi connectivity index (χ0v) is 13.4. The molecule has 0 fully saturated rings. The Morgan fingerprint density at radius 1 is 1.14 bits per heavy atom. The van der Waals surface area contributed by atoms with Gasteiger partial charge in [-0.3, -0.25) is 10.1 Å². The van der Waals surface area contributed by atoms with Gasteiger partial charge in [-0.2, -0.15) is 0 Å². The zero-order valence-electron chi connectivity index (χ0n) is 12.6. The van der Waals surface area contributed by atoms with E-state index in [2.05, 4.69) is 17.2 Å². The van der Waals surface area contributed by atoms with Crippen LogP contribution in [0.4, 0.5) is 11.5 Å². The van der Waals surface area contributed by atoms with Crippen LogP contribution in [0.25, 0.3) is 0 Å². The summed E-state index contributed by atoms with van der Waals surface area (Å²) in [6.07, 6.45) is 10.0. The molecule has 118 valence electrons. The number of rotatable bonds is 11. The molecule has 0 radical (unpaired) electrons. The summed E-state index contributed by atoms with van der Waals surface area (Å²) in [7, 11) is 0. The van der Waals surface area contributed by atoms with Gasteiger partial charge in [0.1, 0.15) is 11.0 Å².